The van der Waals surface area contributed by atoms with E-state index in [2.05, 4.69) is 17.1 Å². The quantitative estimate of drug-likeness (QED) is 0.655. The third kappa shape index (κ3) is 2.95. The first-order valence-corrected chi connectivity index (χ1v) is 6.23. The first-order valence-electron chi connectivity index (χ1n) is 6.23. The van der Waals surface area contributed by atoms with Crippen LogP contribution in [0.1, 0.15) is 33.1 Å². The molecule has 0 radical (unpaired) electrons. The highest BCUT2D eigenvalue weighted by Crippen LogP contribution is 2.40. The lowest BCUT2D eigenvalue weighted by Gasteiger charge is -2.34. The molecule has 4 nitrogen and oxygen atoms in total. The van der Waals surface area contributed by atoms with Gasteiger partial charge in [0.1, 0.15) is 5.54 Å². The molecule has 1 rings (SSSR count). The van der Waals surface area contributed by atoms with E-state index in [1.807, 2.05) is 14.0 Å². The van der Waals surface area contributed by atoms with Crippen molar-refractivity contribution in [1.82, 2.24) is 10.2 Å². The van der Waals surface area contributed by atoms with Crippen molar-refractivity contribution in [2.24, 2.45) is 5.92 Å². The van der Waals surface area contributed by atoms with Gasteiger partial charge in [0.2, 0.25) is 0 Å². The van der Waals surface area contributed by atoms with Crippen LogP contribution in [0, 0.1) is 5.92 Å². The van der Waals surface area contributed by atoms with E-state index in [-0.39, 0.29) is 0 Å². The molecule has 0 aromatic heterocycles. The van der Waals surface area contributed by atoms with E-state index < -0.39 is 11.5 Å². The van der Waals surface area contributed by atoms with E-state index in [0.717, 1.165) is 25.8 Å². The molecule has 4 heteroatoms. The van der Waals surface area contributed by atoms with Crippen LogP contribution in [0.15, 0.2) is 0 Å². The average Bonchev–Trinajstić information content (AvgIpc) is 3.00. The third-order valence-corrected chi connectivity index (χ3v) is 3.27. The monoisotopic (exact) mass is 228 g/mol. The van der Waals surface area contributed by atoms with Gasteiger partial charge in [0.25, 0.3) is 0 Å². The van der Waals surface area contributed by atoms with Gasteiger partial charge in [0.15, 0.2) is 0 Å². The number of likely N-dealkylation sites (N-methyl/N-ethyl adjacent to an activating group) is 2. The summed E-state index contributed by atoms with van der Waals surface area (Å²) in [6.07, 6.45) is 3.14. The van der Waals surface area contributed by atoms with Crippen molar-refractivity contribution in [3.63, 3.8) is 0 Å². The summed E-state index contributed by atoms with van der Waals surface area (Å²) in [6.45, 7) is 6.35. The van der Waals surface area contributed by atoms with Crippen LogP contribution in [0.2, 0.25) is 0 Å². The number of rotatable bonds is 8. The highest BCUT2D eigenvalue weighted by atomic mass is 16.4. The molecule has 1 unspecified atom stereocenters. The number of aliphatic carboxylic acids is 1. The summed E-state index contributed by atoms with van der Waals surface area (Å²) in [6, 6.07) is 0. The van der Waals surface area contributed by atoms with Crippen LogP contribution in [0.4, 0.5) is 0 Å². The van der Waals surface area contributed by atoms with E-state index in [9.17, 15) is 9.90 Å². The standard InChI is InChI=1S/C12H24N2O2/c1-4-8-14(3)9-12(11(15)16,13-5-2)10-6-7-10/h10,13H,4-9H2,1-3H3,(H,15,16). The van der Waals surface area contributed by atoms with Gasteiger partial charge in [-0.05, 0) is 45.3 Å². The lowest BCUT2D eigenvalue weighted by Crippen LogP contribution is -2.60. The van der Waals surface area contributed by atoms with Crippen LogP contribution in [-0.2, 0) is 4.79 Å². The molecule has 1 aliphatic carbocycles. The van der Waals surface area contributed by atoms with Crippen molar-refractivity contribution < 1.29 is 9.90 Å². The van der Waals surface area contributed by atoms with Gasteiger partial charge in [-0.3, -0.25) is 4.79 Å². The molecule has 1 saturated carbocycles. The Morgan fingerprint density at radius 1 is 1.50 bits per heavy atom. The Balaban J connectivity index is 2.71. The molecule has 0 bridgehead atoms. The predicted octanol–water partition coefficient (Wildman–Crippen LogP) is 1.17. The zero-order valence-electron chi connectivity index (χ0n) is 10.6. The highest BCUT2D eigenvalue weighted by Gasteiger charge is 2.51. The number of carboxylic acid groups (broad SMARTS) is 1. The van der Waals surface area contributed by atoms with Gasteiger partial charge in [-0.15, -0.1) is 0 Å². The minimum absolute atomic E-state index is 0.309. The molecule has 94 valence electrons. The molecule has 0 heterocycles. The van der Waals surface area contributed by atoms with E-state index in [4.69, 9.17) is 0 Å². The predicted molar refractivity (Wildman–Crippen MR) is 64.6 cm³/mol. The second-order valence-electron chi connectivity index (χ2n) is 4.82. The van der Waals surface area contributed by atoms with Gasteiger partial charge in [-0.25, -0.2) is 0 Å². The van der Waals surface area contributed by atoms with Crippen LogP contribution in [-0.4, -0.2) is 48.2 Å². The fourth-order valence-corrected chi connectivity index (χ4v) is 2.43. The third-order valence-electron chi connectivity index (χ3n) is 3.27. The van der Waals surface area contributed by atoms with E-state index in [1.165, 1.54) is 0 Å². The van der Waals surface area contributed by atoms with Gasteiger partial charge >= 0.3 is 5.97 Å². The number of carboxylic acids is 1. The molecule has 1 aliphatic rings. The van der Waals surface area contributed by atoms with Crippen molar-refractivity contribution in [2.75, 3.05) is 26.7 Å². The lowest BCUT2D eigenvalue weighted by molar-refractivity contribution is -0.146. The zero-order valence-corrected chi connectivity index (χ0v) is 10.6. The fraction of sp³-hybridized carbons (Fsp3) is 0.917. The van der Waals surface area contributed by atoms with Crippen molar-refractivity contribution in [2.45, 2.75) is 38.6 Å². The molecule has 0 saturated heterocycles. The maximum absolute atomic E-state index is 11.5. The average molecular weight is 228 g/mol. The number of hydrogen-bond donors (Lipinski definition) is 2. The second kappa shape index (κ2) is 5.64. The molecular formula is C12H24N2O2. The smallest absolute Gasteiger partial charge is 0.325 e. The Morgan fingerprint density at radius 3 is 2.50 bits per heavy atom. The minimum Gasteiger partial charge on any atom is -0.480 e. The number of hydrogen-bond acceptors (Lipinski definition) is 3. The van der Waals surface area contributed by atoms with Crippen LogP contribution in [0.25, 0.3) is 0 Å². The van der Waals surface area contributed by atoms with E-state index in [0.29, 0.717) is 19.0 Å². The molecule has 1 fully saturated rings. The number of carbonyl (C=O) groups is 1. The van der Waals surface area contributed by atoms with Gasteiger partial charge in [0.05, 0.1) is 0 Å². The van der Waals surface area contributed by atoms with E-state index in [1.54, 1.807) is 0 Å². The molecule has 0 aromatic carbocycles. The molecule has 0 aliphatic heterocycles. The Bertz CT molecular complexity index is 241. The Kier molecular flexibility index (Phi) is 4.74. The zero-order chi connectivity index (χ0) is 12.2. The van der Waals surface area contributed by atoms with Crippen molar-refractivity contribution in [3.05, 3.63) is 0 Å². The maximum Gasteiger partial charge on any atom is 0.325 e. The molecule has 0 amide bonds. The normalized spacial score (nSPS) is 19.8. The van der Waals surface area contributed by atoms with Gasteiger partial charge < -0.3 is 15.3 Å². The van der Waals surface area contributed by atoms with Crippen LogP contribution in [0.3, 0.4) is 0 Å². The van der Waals surface area contributed by atoms with Gasteiger partial charge in [-0.2, -0.15) is 0 Å². The Labute approximate surface area is 98.0 Å². The molecular weight excluding hydrogens is 204 g/mol. The lowest BCUT2D eigenvalue weighted by atomic mass is 9.92. The maximum atomic E-state index is 11.5. The largest absolute Gasteiger partial charge is 0.480 e. The first kappa shape index (κ1) is 13.5. The summed E-state index contributed by atoms with van der Waals surface area (Å²) >= 11 is 0. The summed E-state index contributed by atoms with van der Waals surface area (Å²) in [7, 11) is 2.00. The van der Waals surface area contributed by atoms with Crippen LogP contribution >= 0.6 is 0 Å². The van der Waals surface area contributed by atoms with E-state index >= 15 is 0 Å². The molecule has 0 spiro atoms. The van der Waals surface area contributed by atoms with Crippen LogP contribution < -0.4 is 5.32 Å². The molecule has 16 heavy (non-hydrogen) atoms. The highest BCUT2D eigenvalue weighted by molar-refractivity contribution is 5.80. The molecule has 2 N–H and O–H groups in total. The summed E-state index contributed by atoms with van der Waals surface area (Å²) in [4.78, 5) is 13.7. The van der Waals surface area contributed by atoms with Crippen molar-refractivity contribution in [3.8, 4) is 0 Å². The number of nitrogens with zero attached hydrogens (tertiary/aromatic N) is 1. The van der Waals surface area contributed by atoms with Gasteiger partial charge in [0, 0.05) is 6.54 Å². The van der Waals surface area contributed by atoms with Crippen molar-refractivity contribution in [1.29, 1.82) is 0 Å². The Hall–Kier alpha value is -0.610. The summed E-state index contributed by atoms with van der Waals surface area (Å²) in [5.41, 5.74) is -0.724. The first-order chi connectivity index (χ1) is 7.56. The summed E-state index contributed by atoms with van der Waals surface area (Å²) in [5, 5.41) is 12.7. The summed E-state index contributed by atoms with van der Waals surface area (Å²) < 4.78 is 0. The Morgan fingerprint density at radius 2 is 2.12 bits per heavy atom. The summed E-state index contributed by atoms with van der Waals surface area (Å²) in [5.74, 6) is -0.385. The second-order valence-corrected chi connectivity index (χ2v) is 4.82. The fourth-order valence-electron chi connectivity index (χ4n) is 2.43. The van der Waals surface area contributed by atoms with Gasteiger partial charge in [-0.1, -0.05) is 13.8 Å². The van der Waals surface area contributed by atoms with Crippen LogP contribution in [0.5, 0.6) is 0 Å². The molecule has 0 aromatic rings. The minimum atomic E-state index is -0.724. The topological polar surface area (TPSA) is 52.6 Å². The van der Waals surface area contributed by atoms with Crippen molar-refractivity contribution >= 4 is 5.97 Å². The molecule has 1 atom stereocenters. The SMILES string of the molecule is CCCN(C)CC(NCC)(C(=O)O)C1CC1. The number of nitrogens with one attached hydrogen (secondary N) is 1.